The molecule has 0 saturated carbocycles. The number of aryl methyl sites for hydroxylation is 3. The van der Waals surface area contributed by atoms with E-state index < -0.39 is 0 Å². The summed E-state index contributed by atoms with van der Waals surface area (Å²) in [6, 6.07) is 9.99. The Morgan fingerprint density at radius 2 is 2.03 bits per heavy atom. The highest BCUT2D eigenvalue weighted by molar-refractivity contribution is 5.78. The highest BCUT2D eigenvalue weighted by Gasteiger charge is 2.25. The second kappa shape index (κ2) is 8.19. The number of ether oxygens (including phenoxy) is 1. The van der Waals surface area contributed by atoms with Crippen molar-refractivity contribution in [2.45, 2.75) is 40.0 Å². The Morgan fingerprint density at radius 1 is 1.21 bits per heavy atom. The zero-order chi connectivity index (χ0) is 20.4. The zero-order valence-corrected chi connectivity index (χ0v) is 17.3. The lowest BCUT2D eigenvalue weighted by atomic mass is 9.98. The maximum Gasteiger partial charge on any atom is 0.252 e. The van der Waals surface area contributed by atoms with Crippen LogP contribution in [0.4, 0.5) is 0 Å². The molecule has 0 spiro atoms. The van der Waals surface area contributed by atoms with E-state index >= 15 is 0 Å². The van der Waals surface area contributed by atoms with E-state index in [9.17, 15) is 4.79 Å². The van der Waals surface area contributed by atoms with Crippen LogP contribution in [0.15, 0.2) is 30.3 Å². The summed E-state index contributed by atoms with van der Waals surface area (Å²) >= 11 is 0. The van der Waals surface area contributed by atoms with Gasteiger partial charge in [0, 0.05) is 30.4 Å². The lowest BCUT2D eigenvalue weighted by Gasteiger charge is -2.32. The fourth-order valence-corrected chi connectivity index (χ4v) is 3.88. The molecular weight excluding hydrogens is 366 g/mol. The molecule has 1 atom stereocenters. The fraction of sp³-hybridized carbons (Fsp3) is 0.455. The molecule has 29 heavy (non-hydrogen) atoms. The van der Waals surface area contributed by atoms with Gasteiger partial charge >= 0.3 is 0 Å². The number of hydrogen-bond acceptors (Lipinski definition) is 5. The topological polar surface area (TPSA) is 72.6 Å². The summed E-state index contributed by atoms with van der Waals surface area (Å²) < 4.78 is 7.71. The summed E-state index contributed by atoms with van der Waals surface area (Å²) in [4.78, 5) is 23.6. The van der Waals surface area contributed by atoms with Gasteiger partial charge in [-0.15, -0.1) is 5.10 Å². The Balaban J connectivity index is 1.37. The SMILES string of the molecule is Cc1cc(C)n2nc(CC(=O)N3CCC[C@@H](COc4ccccc4C)C3)nc2n1. The number of piperidine rings is 1. The number of amides is 1. The van der Waals surface area contributed by atoms with Crippen molar-refractivity contribution in [3.05, 3.63) is 53.1 Å². The third-order valence-corrected chi connectivity index (χ3v) is 5.41. The molecule has 0 aliphatic carbocycles. The molecule has 3 heterocycles. The Morgan fingerprint density at radius 3 is 2.86 bits per heavy atom. The van der Waals surface area contributed by atoms with Gasteiger partial charge in [-0.2, -0.15) is 4.98 Å². The largest absolute Gasteiger partial charge is 0.493 e. The third kappa shape index (κ3) is 4.39. The average Bonchev–Trinajstić information content (AvgIpc) is 3.10. The highest BCUT2D eigenvalue weighted by atomic mass is 16.5. The molecule has 1 amide bonds. The number of hydrogen-bond donors (Lipinski definition) is 0. The van der Waals surface area contributed by atoms with Crippen LogP contribution in [0.2, 0.25) is 0 Å². The van der Waals surface area contributed by atoms with Crippen molar-refractivity contribution in [3.8, 4) is 5.75 Å². The lowest BCUT2D eigenvalue weighted by Crippen LogP contribution is -2.42. The van der Waals surface area contributed by atoms with Crippen LogP contribution in [-0.2, 0) is 11.2 Å². The van der Waals surface area contributed by atoms with Crippen molar-refractivity contribution in [2.75, 3.05) is 19.7 Å². The molecule has 2 aromatic heterocycles. The minimum Gasteiger partial charge on any atom is -0.493 e. The first kappa shape index (κ1) is 19.4. The summed E-state index contributed by atoms with van der Waals surface area (Å²) in [5.41, 5.74) is 2.99. The molecule has 152 valence electrons. The summed E-state index contributed by atoms with van der Waals surface area (Å²) in [6.45, 7) is 8.07. The van der Waals surface area contributed by atoms with Gasteiger partial charge in [0.25, 0.3) is 5.78 Å². The fourth-order valence-electron chi connectivity index (χ4n) is 3.88. The molecule has 1 aliphatic rings. The smallest absolute Gasteiger partial charge is 0.252 e. The Bertz CT molecular complexity index is 1030. The number of para-hydroxylation sites is 1. The van der Waals surface area contributed by atoms with E-state index in [-0.39, 0.29) is 12.3 Å². The van der Waals surface area contributed by atoms with E-state index in [1.807, 2.05) is 56.0 Å². The molecule has 0 N–H and O–H groups in total. The second-order valence-electron chi connectivity index (χ2n) is 7.88. The van der Waals surface area contributed by atoms with Crippen LogP contribution in [0.25, 0.3) is 5.78 Å². The van der Waals surface area contributed by atoms with Gasteiger partial charge < -0.3 is 9.64 Å². The van der Waals surface area contributed by atoms with E-state index in [4.69, 9.17) is 4.74 Å². The number of carbonyl (C=O) groups excluding carboxylic acids is 1. The molecule has 0 unspecified atom stereocenters. The Kier molecular flexibility index (Phi) is 5.47. The van der Waals surface area contributed by atoms with Crippen molar-refractivity contribution in [3.63, 3.8) is 0 Å². The zero-order valence-electron chi connectivity index (χ0n) is 17.3. The van der Waals surface area contributed by atoms with Crippen molar-refractivity contribution in [1.82, 2.24) is 24.5 Å². The van der Waals surface area contributed by atoms with Crippen LogP contribution in [0.1, 0.15) is 35.6 Å². The molecule has 1 aliphatic heterocycles. The first-order chi connectivity index (χ1) is 14.0. The molecular formula is C22H27N5O2. The number of nitrogens with zero attached hydrogens (tertiary/aromatic N) is 5. The van der Waals surface area contributed by atoms with Gasteiger partial charge in [-0.05, 0) is 51.3 Å². The van der Waals surface area contributed by atoms with E-state index in [2.05, 4.69) is 15.1 Å². The normalized spacial score (nSPS) is 16.9. The van der Waals surface area contributed by atoms with Gasteiger partial charge in [0.05, 0.1) is 13.0 Å². The summed E-state index contributed by atoms with van der Waals surface area (Å²) in [7, 11) is 0. The number of fused-ring (bicyclic) bond motifs is 1. The van der Waals surface area contributed by atoms with E-state index in [0.717, 1.165) is 42.1 Å². The number of carbonyl (C=O) groups is 1. The maximum atomic E-state index is 12.8. The monoisotopic (exact) mass is 393 g/mol. The number of rotatable bonds is 5. The van der Waals surface area contributed by atoms with Gasteiger partial charge in [-0.3, -0.25) is 4.79 Å². The minimum atomic E-state index is 0.0656. The first-order valence-electron chi connectivity index (χ1n) is 10.2. The van der Waals surface area contributed by atoms with Crippen molar-refractivity contribution in [1.29, 1.82) is 0 Å². The molecule has 3 aromatic rings. The van der Waals surface area contributed by atoms with Crippen molar-refractivity contribution < 1.29 is 9.53 Å². The summed E-state index contributed by atoms with van der Waals surface area (Å²) in [6.07, 6.45) is 2.27. The summed E-state index contributed by atoms with van der Waals surface area (Å²) in [5.74, 6) is 2.40. The molecule has 1 saturated heterocycles. The Labute approximate surface area is 170 Å². The average molecular weight is 393 g/mol. The molecule has 1 fully saturated rings. The van der Waals surface area contributed by atoms with E-state index in [0.29, 0.717) is 30.7 Å². The predicted octanol–water partition coefficient (Wildman–Crippen LogP) is 2.91. The van der Waals surface area contributed by atoms with Gasteiger partial charge in [0.15, 0.2) is 5.82 Å². The van der Waals surface area contributed by atoms with Gasteiger partial charge in [0.1, 0.15) is 5.75 Å². The molecule has 0 bridgehead atoms. The number of likely N-dealkylation sites (tertiary alicyclic amines) is 1. The second-order valence-corrected chi connectivity index (χ2v) is 7.88. The molecule has 7 heteroatoms. The van der Waals surface area contributed by atoms with E-state index in [1.165, 1.54) is 0 Å². The number of benzene rings is 1. The minimum absolute atomic E-state index is 0.0656. The van der Waals surface area contributed by atoms with Crippen LogP contribution in [-0.4, -0.2) is 50.1 Å². The van der Waals surface area contributed by atoms with Gasteiger partial charge in [0.2, 0.25) is 5.91 Å². The quantitative estimate of drug-likeness (QED) is 0.666. The molecule has 4 rings (SSSR count). The van der Waals surface area contributed by atoms with E-state index in [1.54, 1.807) is 4.52 Å². The third-order valence-electron chi connectivity index (χ3n) is 5.41. The number of aromatic nitrogens is 4. The Hall–Kier alpha value is -2.96. The molecule has 7 nitrogen and oxygen atoms in total. The molecule has 0 radical (unpaired) electrons. The van der Waals surface area contributed by atoms with Gasteiger partial charge in [-0.1, -0.05) is 18.2 Å². The standard InChI is InChI=1S/C22H27N5O2/c1-15-7-4-5-9-19(15)29-14-18-8-6-10-26(13-18)21(28)12-20-24-22-23-16(2)11-17(3)27(22)25-20/h4-5,7,9,11,18H,6,8,10,12-14H2,1-3H3/t18-/m1/s1. The van der Waals surface area contributed by atoms with Crippen LogP contribution < -0.4 is 4.74 Å². The van der Waals surface area contributed by atoms with Crippen LogP contribution in [0, 0.1) is 26.7 Å². The lowest BCUT2D eigenvalue weighted by molar-refractivity contribution is -0.132. The summed E-state index contributed by atoms with van der Waals surface area (Å²) in [5, 5.41) is 4.46. The predicted molar refractivity (Wildman–Crippen MR) is 110 cm³/mol. The van der Waals surface area contributed by atoms with Crippen LogP contribution in [0.3, 0.4) is 0 Å². The molecule has 1 aromatic carbocycles. The van der Waals surface area contributed by atoms with Crippen molar-refractivity contribution in [2.24, 2.45) is 5.92 Å². The van der Waals surface area contributed by atoms with Crippen LogP contribution >= 0.6 is 0 Å². The first-order valence-corrected chi connectivity index (χ1v) is 10.2. The highest BCUT2D eigenvalue weighted by Crippen LogP contribution is 2.21. The van der Waals surface area contributed by atoms with Gasteiger partial charge in [-0.25, -0.2) is 9.50 Å². The van der Waals surface area contributed by atoms with Crippen LogP contribution in [0.5, 0.6) is 5.75 Å². The van der Waals surface area contributed by atoms with Crippen molar-refractivity contribution >= 4 is 11.7 Å². The maximum absolute atomic E-state index is 12.8.